The van der Waals surface area contributed by atoms with Gasteiger partial charge in [0.2, 0.25) is 5.95 Å². The molecule has 1 aliphatic heterocycles. The number of aromatic nitrogens is 2. The summed E-state index contributed by atoms with van der Waals surface area (Å²) in [7, 11) is 0. The van der Waals surface area contributed by atoms with Crippen LogP contribution in [0.3, 0.4) is 0 Å². The highest BCUT2D eigenvalue weighted by molar-refractivity contribution is 7.16. The first-order chi connectivity index (χ1) is 10.3. The first-order valence-corrected chi connectivity index (χ1v) is 7.95. The zero-order valence-corrected chi connectivity index (χ0v) is 12.7. The van der Waals surface area contributed by atoms with Crippen LogP contribution in [0.1, 0.15) is 13.3 Å². The number of nitrogens with zero attached hydrogens (tertiary/aromatic N) is 4. The number of anilines is 2. The molecule has 0 aliphatic carbocycles. The van der Waals surface area contributed by atoms with Gasteiger partial charge in [0.15, 0.2) is 6.10 Å². The van der Waals surface area contributed by atoms with Crippen LogP contribution in [0.25, 0.3) is 10.2 Å². The first kappa shape index (κ1) is 14.0. The molecule has 1 unspecified atom stereocenters. The number of hydrogen-bond donors (Lipinski definition) is 1. The topological polar surface area (TPSA) is 74.1 Å². The molecule has 110 valence electrons. The lowest BCUT2D eigenvalue weighted by atomic mass is 10.2. The van der Waals surface area contributed by atoms with E-state index in [1.807, 2.05) is 11.4 Å². The minimum Gasteiger partial charge on any atom is -0.360 e. The molecule has 2 aromatic rings. The highest BCUT2D eigenvalue weighted by Crippen LogP contribution is 2.30. The van der Waals surface area contributed by atoms with Crippen LogP contribution < -0.4 is 10.2 Å². The lowest BCUT2D eigenvalue weighted by molar-refractivity contribution is 0.0763. The van der Waals surface area contributed by atoms with Gasteiger partial charge in [-0.1, -0.05) is 6.92 Å². The normalized spacial score (nSPS) is 18.7. The SMILES string of the molecule is CCCNc1nc(N2CCOC(C#N)C2)c2ccsc2n1. The van der Waals surface area contributed by atoms with E-state index in [0.717, 1.165) is 35.5 Å². The summed E-state index contributed by atoms with van der Waals surface area (Å²) < 4.78 is 5.41. The Morgan fingerprint density at radius 1 is 1.57 bits per heavy atom. The summed E-state index contributed by atoms with van der Waals surface area (Å²) in [6.07, 6.45) is 0.629. The minimum absolute atomic E-state index is 0.394. The van der Waals surface area contributed by atoms with Crippen molar-refractivity contribution in [2.75, 3.05) is 36.5 Å². The van der Waals surface area contributed by atoms with Crippen LogP contribution in [0.2, 0.25) is 0 Å². The fourth-order valence-corrected chi connectivity index (χ4v) is 3.07. The maximum absolute atomic E-state index is 9.06. The number of ether oxygens (including phenoxy) is 1. The molecule has 6 nitrogen and oxygen atoms in total. The molecule has 1 fully saturated rings. The molecular formula is C14H17N5OS. The lowest BCUT2D eigenvalue weighted by Crippen LogP contribution is -2.42. The summed E-state index contributed by atoms with van der Waals surface area (Å²) in [5.74, 6) is 1.55. The van der Waals surface area contributed by atoms with Crippen molar-refractivity contribution >= 4 is 33.3 Å². The maximum atomic E-state index is 9.06. The third-order valence-corrected chi connectivity index (χ3v) is 4.15. The largest absolute Gasteiger partial charge is 0.360 e. The van der Waals surface area contributed by atoms with E-state index in [1.165, 1.54) is 0 Å². The summed E-state index contributed by atoms with van der Waals surface area (Å²) in [4.78, 5) is 12.3. The van der Waals surface area contributed by atoms with Crippen molar-refractivity contribution in [2.45, 2.75) is 19.4 Å². The third-order valence-electron chi connectivity index (χ3n) is 3.35. The molecule has 1 saturated heterocycles. The first-order valence-electron chi connectivity index (χ1n) is 7.07. The van der Waals surface area contributed by atoms with Crippen LogP contribution in [0.15, 0.2) is 11.4 Å². The predicted molar refractivity (Wildman–Crippen MR) is 83.8 cm³/mol. The quantitative estimate of drug-likeness (QED) is 0.933. The average molecular weight is 303 g/mol. The van der Waals surface area contributed by atoms with Crippen molar-refractivity contribution in [3.8, 4) is 6.07 Å². The number of rotatable bonds is 4. The Morgan fingerprint density at radius 2 is 2.48 bits per heavy atom. The summed E-state index contributed by atoms with van der Waals surface area (Å²) in [6, 6.07) is 4.21. The molecule has 3 rings (SSSR count). The highest BCUT2D eigenvalue weighted by Gasteiger charge is 2.23. The van der Waals surface area contributed by atoms with Crippen molar-refractivity contribution in [3.05, 3.63) is 11.4 Å². The minimum atomic E-state index is -0.394. The molecule has 21 heavy (non-hydrogen) atoms. The molecule has 0 spiro atoms. The number of thiophene rings is 1. The molecule has 0 saturated carbocycles. The van der Waals surface area contributed by atoms with Gasteiger partial charge in [0.05, 0.1) is 24.6 Å². The van der Waals surface area contributed by atoms with E-state index in [2.05, 4.69) is 33.2 Å². The number of fused-ring (bicyclic) bond motifs is 1. The van der Waals surface area contributed by atoms with E-state index >= 15 is 0 Å². The predicted octanol–water partition coefficient (Wildman–Crippen LogP) is 2.24. The molecule has 3 heterocycles. The second-order valence-electron chi connectivity index (χ2n) is 4.87. The van der Waals surface area contributed by atoms with Crippen LogP contribution in [0, 0.1) is 11.3 Å². The van der Waals surface area contributed by atoms with Crippen LogP contribution >= 0.6 is 11.3 Å². The van der Waals surface area contributed by atoms with Gasteiger partial charge in [0.25, 0.3) is 0 Å². The van der Waals surface area contributed by atoms with Gasteiger partial charge in [-0.25, -0.2) is 4.98 Å². The Labute approximate surface area is 127 Å². The fourth-order valence-electron chi connectivity index (χ4n) is 2.32. The van der Waals surface area contributed by atoms with Crippen molar-refractivity contribution in [2.24, 2.45) is 0 Å². The van der Waals surface area contributed by atoms with Gasteiger partial charge >= 0.3 is 0 Å². The molecule has 7 heteroatoms. The van der Waals surface area contributed by atoms with Crippen molar-refractivity contribution in [1.29, 1.82) is 5.26 Å². The summed E-state index contributed by atoms with van der Waals surface area (Å²) >= 11 is 1.61. The van der Waals surface area contributed by atoms with Gasteiger partial charge < -0.3 is 15.0 Å². The van der Waals surface area contributed by atoms with Crippen LogP contribution in [0.5, 0.6) is 0 Å². The zero-order chi connectivity index (χ0) is 14.7. The van der Waals surface area contributed by atoms with E-state index in [9.17, 15) is 0 Å². The highest BCUT2D eigenvalue weighted by atomic mass is 32.1. The number of morpholine rings is 1. The van der Waals surface area contributed by atoms with E-state index in [4.69, 9.17) is 10.00 Å². The average Bonchev–Trinajstić information content (AvgIpc) is 3.00. The van der Waals surface area contributed by atoms with E-state index in [0.29, 0.717) is 19.1 Å². The Morgan fingerprint density at radius 3 is 3.29 bits per heavy atom. The van der Waals surface area contributed by atoms with E-state index < -0.39 is 6.10 Å². The van der Waals surface area contributed by atoms with E-state index in [1.54, 1.807) is 11.3 Å². The summed E-state index contributed by atoms with van der Waals surface area (Å²) in [5.41, 5.74) is 0. The Bertz CT molecular complexity index is 665. The molecule has 1 atom stereocenters. The molecule has 0 aromatic carbocycles. The van der Waals surface area contributed by atoms with Gasteiger partial charge in [0, 0.05) is 13.1 Å². The van der Waals surface area contributed by atoms with Gasteiger partial charge in [0.1, 0.15) is 10.6 Å². The maximum Gasteiger partial charge on any atom is 0.226 e. The summed E-state index contributed by atoms with van der Waals surface area (Å²) in [5, 5.41) is 15.4. The molecule has 0 amide bonds. The Hall–Kier alpha value is -1.91. The zero-order valence-electron chi connectivity index (χ0n) is 11.9. The fraction of sp³-hybridized carbons (Fsp3) is 0.500. The molecule has 1 N–H and O–H groups in total. The van der Waals surface area contributed by atoms with Gasteiger partial charge in [-0.05, 0) is 17.9 Å². The van der Waals surface area contributed by atoms with Crippen LogP contribution in [-0.2, 0) is 4.74 Å². The number of nitrogens with one attached hydrogen (secondary N) is 1. The monoisotopic (exact) mass is 303 g/mol. The van der Waals surface area contributed by atoms with Gasteiger partial charge in [-0.3, -0.25) is 0 Å². The standard InChI is InChI=1S/C14H17N5OS/c1-2-4-16-14-17-12(11-3-7-21-13(11)18-14)19-5-6-20-10(8-15)9-19/h3,7,10H,2,4-6,9H2,1H3,(H,16,17,18). The second kappa shape index (κ2) is 6.24. The molecule has 2 aromatic heterocycles. The van der Waals surface area contributed by atoms with Crippen LogP contribution in [0.4, 0.5) is 11.8 Å². The van der Waals surface area contributed by atoms with Crippen molar-refractivity contribution in [1.82, 2.24) is 9.97 Å². The number of hydrogen-bond acceptors (Lipinski definition) is 7. The molecule has 0 bridgehead atoms. The lowest BCUT2D eigenvalue weighted by Gasteiger charge is -2.31. The van der Waals surface area contributed by atoms with Gasteiger partial charge in [-0.15, -0.1) is 11.3 Å². The molecule has 0 radical (unpaired) electrons. The van der Waals surface area contributed by atoms with Crippen molar-refractivity contribution < 1.29 is 4.74 Å². The Kier molecular flexibility index (Phi) is 4.18. The molecule has 1 aliphatic rings. The number of nitriles is 1. The van der Waals surface area contributed by atoms with Crippen molar-refractivity contribution in [3.63, 3.8) is 0 Å². The van der Waals surface area contributed by atoms with Crippen LogP contribution in [-0.4, -0.2) is 42.3 Å². The van der Waals surface area contributed by atoms with Gasteiger partial charge in [-0.2, -0.15) is 10.2 Å². The summed E-state index contributed by atoms with van der Waals surface area (Å²) in [6.45, 7) is 4.79. The Balaban J connectivity index is 1.95. The molecular weight excluding hydrogens is 286 g/mol. The second-order valence-corrected chi connectivity index (χ2v) is 5.77. The third kappa shape index (κ3) is 2.91. The van der Waals surface area contributed by atoms with E-state index in [-0.39, 0.29) is 0 Å². The smallest absolute Gasteiger partial charge is 0.226 e.